The number of piperidine rings is 1. The lowest BCUT2D eigenvalue weighted by Crippen LogP contribution is -2.62. The normalized spacial score (nSPS) is 30.6. The molecule has 128 valence electrons. The molecular weight excluding hydrogens is 290 g/mol. The van der Waals surface area contributed by atoms with Gasteiger partial charge in [0.05, 0.1) is 18.4 Å². The lowest BCUT2D eigenvalue weighted by Gasteiger charge is -2.56. The van der Waals surface area contributed by atoms with E-state index in [0.717, 1.165) is 51.4 Å². The maximum atomic E-state index is 10.3. The Bertz CT molecular complexity index is 557. The largest absolute Gasteiger partial charge is 0.392 e. The van der Waals surface area contributed by atoms with Gasteiger partial charge in [0.1, 0.15) is 0 Å². The monoisotopic (exact) mass is 319 g/mol. The van der Waals surface area contributed by atoms with Gasteiger partial charge in [-0.25, -0.2) is 0 Å². The zero-order valence-electron chi connectivity index (χ0n) is 14.4. The van der Waals surface area contributed by atoms with Gasteiger partial charge >= 0.3 is 0 Å². The molecule has 1 aromatic heterocycles. The van der Waals surface area contributed by atoms with E-state index in [0.29, 0.717) is 0 Å². The summed E-state index contributed by atoms with van der Waals surface area (Å²) in [6.07, 6.45) is 7.72. The zero-order valence-corrected chi connectivity index (χ0v) is 14.4. The van der Waals surface area contributed by atoms with E-state index in [1.54, 1.807) is 0 Å². The molecular formula is C18H29N3O2. The molecule has 0 bridgehead atoms. The molecule has 1 saturated heterocycles. The van der Waals surface area contributed by atoms with Crippen molar-refractivity contribution in [2.75, 3.05) is 19.7 Å². The van der Waals surface area contributed by atoms with Crippen LogP contribution in [0.1, 0.15) is 56.2 Å². The van der Waals surface area contributed by atoms with Crippen molar-refractivity contribution in [1.29, 1.82) is 0 Å². The third-order valence-electron chi connectivity index (χ3n) is 6.32. The molecule has 1 aliphatic heterocycles. The van der Waals surface area contributed by atoms with E-state index < -0.39 is 0 Å². The molecule has 23 heavy (non-hydrogen) atoms. The molecule has 1 N–H and O–H groups in total. The van der Waals surface area contributed by atoms with Crippen LogP contribution < -0.4 is 0 Å². The van der Waals surface area contributed by atoms with Gasteiger partial charge in [-0.05, 0) is 45.7 Å². The van der Waals surface area contributed by atoms with Gasteiger partial charge in [0.15, 0.2) is 0 Å². The second-order valence-electron chi connectivity index (χ2n) is 7.66. The number of hydrogen-bond acceptors (Lipinski definition) is 4. The van der Waals surface area contributed by atoms with Crippen molar-refractivity contribution in [3.8, 4) is 0 Å². The number of hydrogen-bond donors (Lipinski definition) is 1. The first-order valence-corrected chi connectivity index (χ1v) is 9.17. The molecule has 3 aliphatic rings. The summed E-state index contributed by atoms with van der Waals surface area (Å²) >= 11 is 0. The zero-order chi connectivity index (χ0) is 16.0. The van der Waals surface area contributed by atoms with Gasteiger partial charge in [-0.15, -0.1) is 0 Å². The minimum atomic E-state index is -0.165. The van der Waals surface area contributed by atoms with Gasteiger partial charge in [-0.2, -0.15) is 5.10 Å². The first kappa shape index (κ1) is 15.6. The van der Waals surface area contributed by atoms with E-state index in [2.05, 4.69) is 34.8 Å². The van der Waals surface area contributed by atoms with Crippen LogP contribution in [0.15, 0.2) is 6.20 Å². The van der Waals surface area contributed by atoms with Crippen molar-refractivity contribution in [3.05, 3.63) is 17.5 Å². The highest BCUT2D eigenvalue weighted by Crippen LogP contribution is 2.51. The quantitative estimate of drug-likeness (QED) is 0.902. The molecule has 1 aromatic rings. The Hall–Kier alpha value is -0.910. The van der Waals surface area contributed by atoms with Gasteiger partial charge < -0.3 is 9.84 Å². The minimum absolute atomic E-state index is 0.0285. The average Bonchev–Trinajstić information content (AvgIpc) is 3.32. The van der Waals surface area contributed by atoms with Crippen molar-refractivity contribution >= 4 is 0 Å². The van der Waals surface area contributed by atoms with E-state index in [9.17, 15) is 5.11 Å². The van der Waals surface area contributed by atoms with Gasteiger partial charge in [0.2, 0.25) is 0 Å². The fourth-order valence-corrected chi connectivity index (χ4v) is 4.68. The first-order valence-electron chi connectivity index (χ1n) is 9.17. The topological polar surface area (TPSA) is 50.5 Å². The van der Waals surface area contributed by atoms with Crippen LogP contribution in [0.25, 0.3) is 0 Å². The van der Waals surface area contributed by atoms with Crippen LogP contribution in [0.2, 0.25) is 0 Å². The first-order chi connectivity index (χ1) is 11.1. The molecule has 0 radical (unpaired) electrons. The van der Waals surface area contributed by atoms with Crippen LogP contribution in [-0.4, -0.2) is 51.7 Å². The Labute approximate surface area is 138 Å². The molecule has 2 atom stereocenters. The van der Waals surface area contributed by atoms with Crippen LogP contribution in [0.5, 0.6) is 0 Å². The molecule has 0 unspecified atom stereocenters. The number of aryl methyl sites for hydroxylation is 1. The molecule has 0 aromatic carbocycles. The lowest BCUT2D eigenvalue weighted by atomic mass is 9.58. The highest BCUT2D eigenvalue weighted by Gasteiger charge is 2.55. The predicted molar refractivity (Wildman–Crippen MR) is 88.2 cm³/mol. The van der Waals surface area contributed by atoms with Crippen LogP contribution in [0.4, 0.5) is 0 Å². The second kappa shape index (κ2) is 5.87. The highest BCUT2D eigenvalue weighted by atomic mass is 16.5. The fourth-order valence-electron chi connectivity index (χ4n) is 4.68. The van der Waals surface area contributed by atoms with Crippen LogP contribution in [0, 0.1) is 5.41 Å². The summed E-state index contributed by atoms with van der Waals surface area (Å²) in [7, 11) is 2.07. The summed E-state index contributed by atoms with van der Waals surface area (Å²) in [4.78, 5) is 2.53. The summed E-state index contributed by atoms with van der Waals surface area (Å²) in [6, 6.07) is 0. The SMILES string of the molecule is CCO[C@H]1C[C@@H](O)C12CCN(Cc1cnn(C)c1C1CC1)CC2. The number of ether oxygens (including phenoxy) is 1. The predicted octanol–water partition coefficient (Wildman–Crippen LogP) is 2.05. The molecule has 4 rings (SSSR count). The van der Waals surface area contributed by atoms with Crippen molar-refractivity contribution in [1.82, 2.24) is 14.7 Å². The standard InChI is InChI=1S/C18H29N3O2/c1-3-23-16-10-15(22)18(16)6-8-21(9-7-18)12-14-11-19-20(2)17(14)13-4-5-13/h11,13,15-16,22H,3-10,12H2,1-2H3/t15-,16+/m1/s1. The number of rotatable bonds is 5. The second-order valence-corrected chi connectivity index (χ2v) is 7.66. The molecule has 3 fully saturated rings. The smallest absolute Gasteiger partial charge is 0.0681 e. The third kappa shape index (κ3) is 2.63. The summed E-state index contributed by atoms with van der Waals surface area (Å²) < 4.78 is 7.93. The number of aliphatic hydroxyl groups excluding tert-OH is 1. The van der Waals surface area contributed by atoms with E-state index in [-0.39, 0.29) is 17.6 Å². The number of aliphatic hydroxyl groups is 1. The third-order valence-corrected chi connectivity index (χ3v) is 6.32. The van der Waals surface area contributed by atoms with Gasteiger partial charge in [0, 0.05) is 49.2 Å². The van der Waals surface area contributed by atoms with Crippen molar-refractivity contribution < 1.29 is 9.84 Å². The number of likely N-dealkylation sites (tertiary alicyclic amines) is 1. The molecule has 2 aliphatic carbocycles. The highest BCUT2D eigenvalue weighted by molar-refractivity contribution is 5.25. The summed E-state index contributed by atoms with van der Waals surface area (Å²) in [5.74, 6) is 0.740. The van der Waals surface area contributed by atoms with Gasteiger partial charge in [-0.3, -0.25) is 9.58 Å². The Kier molecular flexibility index (Phi) is 3.98. The molecule has 2 saturated carbocycles. The van der Waals surface area contributed by atoms with Crippen LogP contribution in [0.3, 0.4) is 0 Å². The number of nitrogens with zero attached hydrogens (tertiary/aromatic N) is 3. The maximum absolute atomic E-state index is 10.3. The Balaban J connectivity index is 1.39. The van der Waals surface area contributed by atoms with Gasteiger partial charge in [0.25, 0.3) is 0 Å². The van der Waals surface area contributed by atoms with E-state index in [4.69, 9.17) is 4.74 Å². The molecule has 0 amide bonds. The molecule has 5 heteroatoms. The Morgan fingerprint density at radius 2 is 2.09 bits per heavy atom. The van der Waals surface area contributed by atoms with Crippen LogP contribution in [-0.2, 0) is 18.3 Å². The van der Waals surface area contributed by atoms with Crippen molar-refractivity contribution in [2.45, 2.75) is 63.7 Å². The molecule has 2 heterocycles. The Morgan fingerprint density at radius 3 is 2.70 bits per heavy atom. The average molecular weight is 319 g/mol. The van der Waals surface area contributed by atoms with Crippen molar-refractivity contribution in [3.63, 3.8) is 0 Å². The van der Waals surface area contributed by atoms with E-state index in [1.165, 1.54) is 24.1 Å². The Morgan fingerprint density at radius 1 is 1.35 bits per heavy atom. The minimum Gasteiger partial charge on any atom is -0.392 e. The van der Waals surface area contributed by atoms with Gasteiger partial charge in [-0.1, -0.05) is 0 Å². The van der Waals surface area contributed by atoms with E-state index >= 15 is 0 Å². The fraction of sp³-hybridized carbons (Fsp3) is 0.833. The maximum Gasteiger partial charge on any atom is 0.0681 e. The molecule has 1 spiro atoms. The van der Waals surface area contributed by atoms with E-state index in [1.807, 2.05) is 0 Å². The van der Waals surface area contributed by atoms with Crippen LogP contribution >= 0.6 is 0 Å². The van der Waals surface area contributed by atoms with Crippen molar-refractivity contribution in [2.24, 2.45) is 12.5 Å². The summed E-state index contributed by atoms with van der Waals surface area (Å²) in [6.45, 7) is 5.92. The summed E-state index contributed by atoms with van der Waals surface area (Å²) in [5, 5.41) is 14.8. The summed E-state index contributed by atoms with van der Waals surface area (Å²) in [5.41, 5.74) is 2.88. The molecule has 5 nitrogen and oxygen atoms in total. The number of aromatic nitrogens is 2. The lowest BCUT2D eigenvalue weighted by molar-refractivity contribution is -0.209.